The molecule has 554 valence electrons. The molecule has 0 radical (unpaired) electrons. The second kappa shape index (κ2) is 54.0. The normalized spacial score (nSPS) is 23.0. The van der Waals surface area contributed by atoms with Crippen molar-refractivity contribution in [3.63, 3.8) is 0 Å². The zero-order valence-electron chi connectivity index (χ0n) is 59.0. The van der Waals surface area contributed by atoms with Crippen molar-refractivity contribution in [2.75, 3.05) is 26.4 Å². The minimum absolute atomic E-state index is 0.00874. The topological polar surface area (TPSA) is 333 Å². The summed E-state index contributed by atoms with van der Waals surface area (Å²) in [4.78, 5) is 95.3. The third-order valence-corrected chi connectivity index (χ3v) is 19.6. The average Bonchev–Trinajstić information content (AvgIpc) is 0.748. The fraction of sp³-hybridized carbons (Fsp3) is 0.943. The lowest BCUT2D eigenvalue weighted by Crippen LogP contribution is -2.78. The predicted molar refractivity (Wildman–Crippen MR) is 365 cm³/mol. The van der Waals surface area contributed by atoms with Crippen LogP contribution in [-0.2, 0) is 61.0 Å². The second-order valence-electron chi connectivity index (χ2n) is 26.9. The van der Waals surface area contributed by atoms with Crippen LogP contribution in [0.25, 0.3) is 0 Å². The number of Topliss-reactive ketones (excluding diaryl/α,β-unsaturated/α-hetero) is 2. The van der Waals surface area contributed by atoms with E-state index in [0.717, 1.165) is 122 Å². The van der Waals surface area contributed by atoms with E-state index in [9.17, 15) is 63.2 Å². The Labute approximate surface area is 566 Å². The number of nitrogens with one attached hydrogen (secondary N) is 2. The number of phosphoric acid groups is 2. The van der Waals surface area contributed by atoms with Crippen molar-refractivity contribution in [1.82, 2.24) is 10.6 Å². The summed E-state index contributed by atoms with van der Waals surface area (Å²) >= 11 is 0. The van der Waals surface area contributed by atoms with Crippen LogP contribution in [0.15, 0.2) is 0 Å². The number of phosphoric ester groups is 2. The molecule has 2 amide bonds. The van der Waals surface area contributed by atoms with Gasteiger partial charge in [-0.05, 0) is 45.4 Å². The first-order chi connectivity index (χ1) is 45.2. The highest BCUT2D eigenvalue weighted by atomic mass is 31.2. The van der Waals surface area contributed by atoms with Crippen LogP contribution in [0.1, 0.15) is 330 Å². The summed E-state index contributed by atoms with van der Waals surface area (Å²) < 4.78 is 67.2. The number of ether oxygens (including phenoxy) is 5. The maximum Gasteiger partial charge on any atom is 0.470 e. The van der Waals surface area contributed by atoms with Crippen molar-refractivity contribution in [1.29, 1.82) is 0 Å². The molecule has 22 nitrogen and oxygen atoms in total. The van der Waals surface area contributed by atoms with Crippen LogP contribution in [0.2, 0.25) is 0 Å². The number of rotatable bonds is 63. The molecule has 2 fully saturated rings. The van der Waals surface area contributed by atoms with Gasteiger partial charge in [0.2, 0.25) is 11.8 Å². The molecule has 94 heavy (non-hydrogen) atoms. The summed E-state index contributed by atoms with van der Waals surface area (Å²) in [5.41, 5.74) is -2.40. The zero-order chi connectivity index (χ0) is 69.3. The molecule has 9 N–H and O–H groups in total. The molecular formula is C70H134N2O20P2. The van der Waals surface area contributed by atoms with Gasteiger partial charge < -0.3 is 69.2 Å². The number of hydrogen-bond acceptors (Lipinski definition) is 16. The van der Waals surface area contributed by atoms with Gasteiger partial charge in [0.05, 0.1) is 19.3 Å². The summed E-state index contributed by atoms with van der Waals surface area (Å²) in [7, 11) is -10.8. The van der Waals surface area contributed by atoms with E-state index in [1.165, 1.54) is 110 Å². The van der Waals surface area contributed by atoms with Crippen LogP contribution in [0.5, 0.6) is 0 Å². The maximum absolute atomic E-state index is 14.1. The van der Waals surface area contributed by atoms with Crippen molar-refractivity contribution in [2.45, 2.75) is 397 Å². The molecule has 2 aliphatic heterocycles. The van der Waals surface area contributed by atoms with E-state index in [1.54, 1.807) is 0 Å². The fourth-order valence-electron chi connectivity index (χ4n) is 12.9. The van der Waals surface area contributed by atoms with Crippen LogP contribution in [0, 0.1) is 0 Å². The summed E-state index contributed by atoms with van der Waals surface area (Å²) in [5.74, 6) is -1.14. The molecule has 0 aromatic heterocycles. The number of aliphatic hydroxyl groups excluding tert-OH is 3. The van der Waals surface area contributed by atoms with E-state index < -0.39 is 108 Å². The second-order valence-corrected chi connectivity index (χ2v) is 29.3. The molecule has 0 aromatic rings. The molecule has 2 saturated heterocycles. The van der Waals surface area contributed by atoms with Gasteiger partial charge in [0.1, 0.15) is 59.8 Å². The minimum Gasteiger partial charge on any atom is -0.394 e. The van der Waals surface area contributed by atoms with Gasteiger partial charge >= 0.3 is 15.6 Å². The van der Waals surface area contributed by atoms with Crippen molar-refractivity contribution in [3.8, 4) is 0 Å². The SMILES string of the molecule is CCCCCCCCCCCCCC(=O)N[C@H]1[C@H](OC[C@H]2O[C@H](O)[C@@](NC(=O)CCCCCCCCCCCCC)(C(C)OP(=O)(O)O)[C@@H](OCCCC(=O)CCCCCCCCCC)[C@@H]2O)O[C@H](CO)[C@@H](OP(=O)(O)O)[C@@H]1OCCCC(=O)CCCCCCCCCC. The van der Waals surface area contributed by atoms with Crippen molar-refractivity contribution in [2.24, 2.45) is 0 Å². The van der Waals surface area contributed by atoms with Gasteiger partial charge in [-0.1, -0.05) is 246 Å². The van der Waals surface area contributed by atoms with Crippen LogP contribution < -0.4 is 10.6 Å². The zero-order valence-corrected chi connectivity index (χ0v) is 60.7. The molecule has 24 heteroatoms. The van der Waals surface area contributed by atoms with E-state index in [1.807, 2.05) is 0 Å². The third kappa shape index (κ3) is 39.8. The molecule has 0 saturated carbocycles. The van der Waals surface area contributed by atoms with Gasteiger partial charge in [-0.25, -0.2) is 9.13 Å². The lowest BCUT2D eigenvalue weighted by atomic mass is 9.78. The number of unbranched alkanes of at least 4 members (excludes halogenated alkanes) is 34. The largest absolute Gasteiger partial charge is 0.470 e. The third-order valence-electron chi connectivity index (χ3n) is 18.5. The monoisotopic (exact) mass is 1380 g/mol. The van der Waals surface area contributed by atoms with E-state index in [-0.39, 0.29) is 63.3 Å². The Bertz CT molecular complexity index is 2040. The molecule has 0 spiro atoms. The smallest absolute Gasteiger partial charge is 0.394 e. The Morgan fingerprint density at radius 3 is 1.22 bits per heavy atom. The Kier molecular flexibility index (Phi) is 50.7. The number of hydrogen-bond donors (Lipinski definition) is 9. The van der Waals surface area contributed by atoms with Crippen LogP contribution in [-0.4, -0.2) is 152 Å². The average molecular weight is 1390 g/mol. The molecule has 0 aromatic carbocycles. The van der Waals surface area contributed by atoms with E-state index in [0.29, 0.717) is 32.1 Å². The molecule has 2 rings (SSSR count). The molecule has 11 atom stereocenters. The first kappa shape index (κ1) is 88.3. The highest BCUT2D eigenvalue weighted by Gasteiger charge is 2.62. The highest BCUT2D eigenvalue weighted by molar-refractivity contribution is 7.46. The number of carbonyl (C=O) groups is 4. The lowest BCUT2D eigenvalue weighted by molar-refractivity contribution is -0.323. The quantitative estimate of drug-likeness (QED) is 0.0202. The number of carbonyl (C=O) groups excluding carboxylic acids is 4. The Morgan fingerprint density at radius 1 is 0.457 bits per heavy atom. The van der Waals surface area contributed by atoms with Crippen LogP contribution in [0.3, 0.4) is 0 Å². The standard InChI is InChI=1S/C70H134N2O20P2/c1-6-10-14-18-22-26-28-30-34-38-42-50-61(76)71-63-66(86-52-44-48-57(74)46-40-36-32-24-20-16-12-8-3)65(92-94(83,84)85)59(54-73)89-68(63)88-55-60-64(78)67(87-53-45-49-58(75)47-41-37-33-25-21-17-13-9-4)70(69(79)90-60,56(5)91-93(80,81)82)72-62(77)51-43-39-35-31-29-27-23-19-15-11-7-2/h56,59-60,63-69,73,78-79H,6-55H2,1-5H3,(H,71,76)(H,72,77)(H2,80,81,82)(H2,83,84,85)/t56?,59-,60-,63-,64-,65-,66-,67+,68-,69+,70-/m1/s1. The Morgan fingerprint density at radius 2 is 0.830 bits per heavy atom. The van der Waals surface area contributed by atoms with Gasteiger partial charge in [-0.2, -0.15) is 0 Å². The summed E-state index contributed by atoms with van der Waals surface area (Å²) in [6.45, 7) is 7.95. The van der Waals surface area contributed by atoms with Crippen LogP contribution >= 0.6 is 15.6 Å². The minimum atomic E-state index is -5.39. The number of aliphatic hydroxyl groups is 3. The van der Waals surface area contributed by atoms with Gasteiger partial charge in [0.25, 0.3) is 0 Å². The van der Waals surface area contributed by atoms with Gasteiger partial charge in [-0.15, -0.1) is 0 Å². The first-order valence-electron chi connectivity index (χ1n) is 37.4. The molecule has 0 bridgehead atoms. The van der Waals surface area contributed by atoms with Crippen LogP contribution in [0.4, 0.5) is 0 Å². The van der Waals surface area contributed by atoms with Gasteiger partial charge in [-0.3, -0.25) is 28.2 Å². The van der Waals surface area contributed by atoms with Gasteiger partial charge in [0, 0.05) is 51.7 Å². The van der Waals surface area contributed by atoms with Gasteiger partial charge in [0.15, 0.2) is 12.6 Å². The van der Waals surface area contributed by atoms with E-state index in [4.69, 9.17) is 32.7 Å². The van der Waals surface area contributed by atoms with E-state index in [2.05, 4.69) is 38.3 Å². The summed E-state index contributed by atoms with van der Waals surface area (Å²) in [6.07, 6.45) is 25.4. The highest BCUT2D eigenvalue weighted by Crippen LogP contribution is 2.45. The Hall–Kier alpha value is -1.82. The summed E-state index contributed by atoms with van der Waals surface area (Å²) in [6, 6.07) is -1.43. The first-order valence-corrected chi connectivity index (χ1v) is 40.5. The number of amides is 2. The summed E-state index contributed by atoms with van der Waals surface area (Å²) in [5, 5.41) is 41.3. The van der Waals surface area contributed by atoms with E-state index >= 15 is 0 Å². The fourth-order valence-corrected chi connectivity index (χ4v) is 14.1. The maximum atomic E-state index is 14.1. The van der Waals surface area contributed by atoms with Crippen molar-refractivity contribution >= 4 is 39.0 Å². The lowest BCUT2D eigenvalue weighted by Gasteiger charge is -2.53. The van der Waals surface area contributed by atoms with Crippen molar-refractivity contribution < 1.29 is 95.9 Å². The molecule has 1 unspecified atom stereocenters. The molecule has 2 aliphatic rings. The molecule has 0 aliphatic carbocycles. The Balaban J connectivity index is 2.51. The van der Waals surface area contributed by atoms with Crippen molar-refractivity contribution in [3.05, 3.63) is 0 Å². The molecule has 2 heterocycles. The molecular weight excluding hydrogens is 1250 g/mol. The number of ketones is 2. The predicted octanol–water partition coefficient (Wildman–Crippen LogP) is 14.0.